The van der Waals surface area contributed by atoms with Crippen LogP contribution in [0, 0.1) is 0 Å². The fraction of sp³-hybridized carbons (Fsp3) is 0.474. The number of aromatic nitrogens is 2. The second-order valence-corrected chi connectivity index (χ2v) is 9.40. The number of carbonyl (C=O) groups excluding carboxylic acids is 1. The Kier molecular flexibility index (Phi) is 5.22. The van der Waals surface area contributed by atoms with Crippen molar-refractivity contribution in [1.29, 1.82) is 0 Å². The van der Waals surface area contributed by atoms with Gasteiger partial charge in [-0.2, -0.15) is 13.5 Å². The van der Waals surface area contributed by atoms with Crippen LogP contribution < -0.4 is 19.1 Å². The zero-order chi connectivity index (χ0) is 21.5. The van der Waals surface area contributed by atoms with Crippen LogP contribution in [0.1, 0.15) is 44.7 Å². The SMILES string of the molecule is CC(C)NC(=O)O[C@@H]1CC[C@H](c2cc(Nc3cccc4c3N(C)S(=O)(=O)O4)n[nH]2)C1. The Bertz CT molecular complexity index is 1050. The zero-order valence-electron chi connectivity index (χ0n) is 17.0. The topological polar surface area (TPSA) is 126 Å². The first-order valence-electron chi connectivity index (χ1n) is 9.84. The lowest BCUT2D eigenvalue weighted by atomic mass is 10.0. The number of hydrogen-bond acceptors (Lipinski definition) is 7. The van der Waals surface area contributed by atoms with Crippen LogP contribution in [0.3, 0.4) is 0 Å². The number of ether oxygens (including phenoxy) is 1. The maximum atomic E-state index is 12.0. The number of nitrogens with one attached hydrogen (secondary N) is 3. The minimum atomic E-state index is -3.81. The van der Waals surface area contributed by atoms with Gasteiger partial charge in [-0.05, 0) is 45.2 Å². The van der Waals surface area contributed by atoms with Crippen molar-refractivity contribution in [2.45, 2.75) is 51.2 Å². The predicted molar refractivity (Wildman–Crippen MR) is 111 cm³/mol. The summed E-state index contributed by atoms with van der Waals surface area (Å²) in [6, 6.07) is 7.01. The highest BCUT2D eigenvalue weighted by atomic mass is 32.2. The Morgan fingerprint density at radius 2 is 2.17 bits per heavy atom. The van der Waals surface area contributed by atoms with Crippen LogP contribution in [0.5, 0.6) is 5.75 Å². The summed E-state index contributed by atoms with van der Waals surface area (Å²) in [7, 11) is -2.37. The van der Waals surface area contributed by atoms with E-state index >= 15 is 0 Å². The molecule has 0 radical (unpaired) electrons. The summed E-state index contributed by atoms with van der Waals surface area (Å²) in [6.07, 6.45) is 1.90. The summed E-state index contributed by atoms with van der Waals surface area (Å²) in [6.45, 7) is 3.78. The van der Waals surface area contributed by atoms with Crippen molar-refractivity contribution in [2.75, 3.05) is 16.7 Å². The Hall–Kier alpha value is -2.95. The lowest BCUT2D eigenvalue weighted by molar-refractivity contribution is 0.0981. The third kappa shape index (κ3) is 4.02. The van der Waals surface area contributed by atoms with E-state index in [-0.39, 0.29) is 29.9 Å². The van der Waals surface area contributed by atoms with Crippen LogP contribution in [0.4, 0.5) is 22.0 Å². The zero-order valence-corrected chi connectivity index (χ0v) is 17.8. The van der Waals surface area contributed by atoms with Gasteiger partial charge in [-0.15, -0.1) is 0 Å². The molecule has 0 spiro atoms. The Morgan fingerprint density at radius 3 is 2.93 bits per heavy atom. The van der Waals surface area contributed by atoms with E-state index < -0.39 is 10.3 Å². The molecule has 1 aliphatic carbocycles. The number of hydrogen-bond donors (Lipinski definition) is 3. The third-order valence-corrected chi connectivity index (χ3v) is 6.45. The molecule has 11 heteroatoms. The monoisotopic (exact) mass is 435 g/mol. The molecule has 0 bridgehead atoms. The molecule has 3 N–H and O–H groups in total. The van der Waals surface area contributed by atoms with Crippen LogP contribution in [-0.2, 0) is 15.0 Å². The smallest absolute Gasteiger partial charge is 0.409 e. The summed E-state index contributed by atoms with van der Waals surface area (Å²) in [5.74, 6) is 1.05. The highest BCUT2D eigenvalue weighted by Crippen LogP contribution is 2.44. The maximum Gasteiger partial charge on any atom is 0.409 e. The average Bonchev–Trinajstić information content (AvgIpc) is 3.34. The largest absolute Gasteiger partial charge is 0.446 e. The van der Waals surface area contributed by atoms with Crippen molar-refractivity contribution in [1.82, 2.24) is 15.5 Å². The summed E-state index contributed by atoms with van der Waals surface area (Å²) < 4.78 is 35.6. The van der Waals surface area contributed by atoms with Gasteiger partial charge in [-0.25, -0.2) is 9.10 Å². The van der Waals surface area contributed by atoms with E-state index in [1.807, 2.05) is 19.9 Å². The number of rotatable bonds is 5. The predicted octanol–water partition coefficient (Wildman–Crippen LogP) is 3.00. The minimum absolute atomic E-state index is 0.0369. The Balaban J connectivity index is 1.42. The summed E-state index contributed by atoms with van der Waals surface area (Å²) in [4.78, 5) is 11.8. The number of alkyl carbamates (subject to hydrolysis) is 1. The molecule has 2 aromatic rings. The van der Waals surface area contributed by atoms with Gasteiger partial charge in [0.15, 0.2) is 11.6 Å². The van der Waals surface area contributed by atoms with Crippen LogP contribution in [0.2, 0.25) is 0 Å². The molecule has 1 aromatic heterocycles. The number of para-hydroxylation sites is 1. The highest BCUT2D eigenvalue weighted by molar-refractivity contribution is 7.88. The van der Waals surface area contributed by atoms with E-state index in [4.69, 9.17) is 8.92 Å². The Labute approximate surface area is 175 Å². The number of benzene rings is 1. The molecule has 4 rings (SSSR count). The van der Waals surface area contributed by atoms with E-state index in [1.165, 1.54) is 7.05 Å². The maximum absolute atomic E-state index is 12.0. The molecule has 2 heterocycles. The van der Waals surface area contributed by atoms with Gasteiger partial charge in [-0.1, -0.05) is 6.07 Å². The van der Waals surface area contributed by atoms with Crippen molar-refractivity contribution in [2.24, 2.45) is 0 Å². The average molecular weight is 436 g/mol. The first kappa shape index (κ1) is 20.3. The summed E-state index contributed by atoms with van der Waals surface area (Å²) in [5.41, 5.74) is 1.96. The number of anilines is 3. The normalized spacial score (nSPS) is 21.9. The molecule has 1 aromatic carbocycles. The van der Waals surface area contributed by atoms with E-state index in [0.29, 0.717) is 17.2 Å². The molecule has 10 nitrogen and oxygen atoms in total. The van der Waals surface area contributed by atoms with Crippen LogP contribution >= 0.6 is 0 Å². The molecular weight excluding hydrogens is 410 g/mol. The van der Waals surface area contributed by atoms with Gasteiger partial charge in [0.1, 0.15) is 11.8 Å². The number of H-pyrrole nitrogens is 1. The van der Waals surface area contributed by atoms with Gasteiger partial charge in [0.05, 0.1) is 5.69 Å². The van der Waals surface area contributed by atoms with Gasteiger partial charge >= 0.3 is 16.4 Å². The van der Waals surface area contributed by atoms with E-state index in [0.717, 1.165) is 29.3 Å². The second-order valence-electron chi connectivity index (χ2n) is 7.83. The molecule has 1 saturated carbocycles. The van der Waals surface area contributed by atoms with Crippen molar-refractivity contribution < 1.29 is 22.1 Å². The summed E-state index contributed by atoms with van der Waals surface area (Å²) in [5, 5.41) is 13.2. The number of nitrogens with zero attached hydrogens (tertiary/aromatic N) is 2. The fourth-order valence-corrected chi connectivity index (χ4v) is 4.68. The molecule has 0 unspecified atom stereocenters. The van der Waals surface area contributed by atoms with E-state index in [2.05, 4.69) is 20.8 Å². The minimum Gasteiger partial charge on any atom is -0.446 e. The number of aromatic amines is 1. The van der Waals surface area contributed by atoms with Crippen LogP contribution in [0.15, 0.2) is 24.3 Å². The van der Waals surface area contributed by atoms with Gasteiger partial charge in [-0.3, -0.25) is 5.10 Å². The molecule has 30 heavy (non-hydrogen) atoms. The van der Waals surface area contributed by atoms with Crippen molar-refractivity contribution in [3.63, 3.8) is 0 Å². The number of fused-ring (bicyclic) bond motifs is 1. The first-order valence-corrected chi connectivity index (χ1v) is 11.2. The van der Waals surface area contributed by atoms with Gasteiger partial charge in [0, 0.05) is 30.8 Å². The quantitative estimate of drug-likeness (QED) is 0.659. The molecule has 0 saturated heterocycles. The van der Waals surface area contributed by atoms with Crippen molar-refractivity contribution >= 4 is 33.6 Å². The van der Waals surface area contributed by atoms with Gasteiger partial charge < -0.3 is 19.6 Å². The summed E-state index contributed by atoms with van der Waals surface area (Å²) >= 11 is 0. The van der Waals surface area contributed by atoms with E-state index in [9.17, 15) is 13.2 Å². The second kappa shape index (κ2) is 7.71. The van der Waals surface area contributed by atoms with Crippen molar-refractivity contribution in [3.05, 3.63) is 30.0 Å². The van der Waals surface area contributed by atoms with Gasteiger partial charge in [0.2, 0.25) is 0 Å². The van der Waals surface area contributed by atoms with Gasteiger partial charge in [0.25, 0.3) is 0 Å². The number of amides is 1. The van der Waals surface area contributed by atoms with Crippen LogP contribution in [-0.4, -0.2) is 43.9 Å². The third-order valence-electron chi connectivity index (χ3n) is 5.21. The highest BCUT2D eigenvalue weighted by Gasteiger charge is 2.35. The standard InChI is InChI=1S/C19H25N5O5S/c1-11(2)20-19(25)28-13-8-7-12(9-13)15-10-17(23-22-15)21-14-5-4-6-16-18(14)24(3)30(26,27)29-16/h4-6,10-13H,7-9H2,1-3H3,(H,20,25)(H2,21,22,23)/t12-,13+/m0/s1. The number of carbonyl (C=O) groups is 1. The van der Waals surface area contributed by atoms with Crippen LogP contribution in [0.25, 0.3) is 0 Å². The lowest BCUT2D eigenvalue weighted by Gasteiger charge is -2.14. The molecule has 2 atom stereocenters. The molecule has 1 aliphatic heterocycles. The Morgan fingerprint density at radius 1 is 1.37 bits per heavy atom. The first-order chi connectivity index (χ1) is 14.2. The molecular formula is C19H25N5O5S. The molecule has 162 valence electrons. The molecule has 1 fully saturated rings. The van der Waals surface area contributed by atoms with Crippen molar-refractivity contribution in [3.8, 4) is 5.75 Å². The van der Waals surface area contributed by atoms with E-state index in [1.54, 1.807) is 18.2 Å². The molecule has 1 amide bonds. The fourth-order valence-electron chi connectivity index (χ4n) is 3.79. The molecule has 2 aliphatic rings. The lowest BCUT2D eigenvalue weighted by Crippen LogP contribution is -2.33.